The number of hydrazone groups is 1. The molecule has 0 radical (unpaired) electrons. The number of aryl methyl sites for hydroxylation is 1. The Morgan fingerprint density at radius 3 is 2.71 bits per heavy atom. The molecule has 1 saturated heterocycles. The van der Waals surface area contributed by atoms with Crippen molar-refractivity contribution in [3.63, 3.8) is 0 Å². The fourth-order valence-corrected chi connectivity index (χ4v) is 3.73. The Bertz CT molecular complexity index is 1280. The molecule has 3 N–H and O–H groups in total. The van der Waals surface area contributed by atoms with E-state index >= 15 is 0 Å². The topological polar surface area (TPSA) is 114 Å². The molecular formula is C24H25FN6O3. The van der Waals surface area contributed by atoms with Crippen LogP contribution >= 0.6 is 0 Å². The maximum absolute atomic E-state index is 14.4. The number of hydrogen-bond acceptors (Lipinski definition) is 6. The monoisotopic (exact) mass is 464 g/mol. The molecular weight excluding hydrogens is 439 g/mol. The van der Waals surface area contributed by atoms with Crippen LogP contribution in [0.15, 0.2) is 59.3 Å². The van der Waals surface area contributed by atoms with Crippen molar-refractivity contribution >= 4 is 34.7 Å². The minimum absolute atomic E-state index is 0.0225. The maximum Gasteiger partial charge on any atom is 0.276 e. The van der Waals surface area contributed by atoms with Crippen LogP contribution in [0.4, 0.5) is 10.1 Å². The number of H-pyrrole nitrogens is 1. The number of hydrogen-bond donors (Lipinski definition) is 3. The number of carbonyl (C=O) groups is 2. The Balaban J connectivity index is 1.57. The Morgan fingerprint density at radius 1 is 1.32 bits per heavy atom. The Hall–Kier alpha value is -4.05. The molecule has 0 aliphatic carbocycles. The summed E-state index contributed by atoms with van der Waals surface area (Å²) in [5.74, 6) is -0.645. The van der Waals surface area contributed by atoms with Crippen LogP contribution in [-0.4, -0.2) is 63.1 Å². The number of allylic oxidation sites excluding steroid dienone is 1. The molecule has 0 bridgehead atoms. The van der Waals surface area contributed by atoms with E-state index < -0.39 is 17.3 Å². The summed E-state index contributed by atoms with van der Waals surface area (Å²) in [7, 11) is 1.39. The molecule has 3 aromatic rings. The zero-order valence-electron chi connectivity index (χ0n) is 19.0. The van der Waals surface area contributed by atoms with Gasteiger partial charge in [-0.1, -0.05) is 24.3 Å². The number of imidazole rings is 1. The van der Waals surface area contributed by atoms with Gasteiger partial charge in [-0.15, -0.1) is 0 Å². The summed E-state index contributed by atoms with van der Waals surface area (Å²) in [6.07, 6.45) is 2.02. The largest absolute Gasteiger partial charge is 0.378 e. The van der Waals surface area contributed by atoms with Gasteiger partial charge in [0.15, 0.2) is 11.3 Å². The highest BCUT2D eigenvalue weighted by molar-refractivity contribution is 6.46. The average molecular weight is 465 g/mol. The third kappa shape index (κ3) is 4.40. The van der Waals surface area contributed by atoms with Crippen LogP contribution in [0, 0.1) is 12.7 Å². The van der Waals surface area contributed by atoms with Crippen molar-refractivity contribution in [3.8, 4) is 0 Å². The van der Waals surface area contributed by atoms with Crippen LogP contribution in [-0.2, 0) is 15.2 Å². The highest BCUT2D eigenvalue weighted by atomic mass is 19.1. The smallest absolute Gasteiger partial charge is 0.276 e. The number of fused-ring (bicyclic) bond motifs is 1. The number of β-amino-alcohol motifs (C(OH)–C–C–N with tert-alkyl or cyclic N) is 1. The second-order valence-electron chi connectivity index (χ2n) is 8.23. The highest BCUT2D eigenvalue weighted by Crippen LogP contribution is 2.32. The van der Waals surface area contributed by atoms with E-state index in [1.54, 1.807) is 32.1 Å². The lowest BCUT2D eigenvalue weighted by atomic mass is 9.92. The van der Waals surface area contributed by atoms with Gasteiger partial charge >= 0.3 is 0 Å². The normalized spacial score (nSPS) is 15.7. The van der Waals surface area contributed by atoms with Crippen molar-refractivity contribution in [3.05, 3.63) is 71.4 Å². The molecule has 2 amide bonds. The molecule has 0 saturated carbocycles. The van der Waals surface area contributed by atoms with E-state index in [0.29, 0.717) is 17.8 Å². The number of rotatable bonds is 7. The first-order valence-electron chi connectivity index (χ1n) is 10.7. The predicted molar refractivity (Wildman–Crippen MR) is 126 cm³/mol. The van der Waals surface area contributed by atoms with Crippen molar-refractivity contribution in [1.82, 2.24) is 19.9 Å². The zero-order chi connectivity index (χ0) is 24.5. The molecule has 0 unspecified atom stereocenters. The van der Waals surface area contributed by atoms with Crippen molar-refractivity contribution in [2.75, 3.05) is 25.5 Å². The summed E-state index contributed by atoms with van der Waals surface area (Å²) in [5, 5.41) is 19.0. The van der Waals surface area contributed by atoms with E-state index in [9.17, 15) is 19.1 Å². The second-order valence-corrected chi connectivity index (χ2v) is 8.23. The molecule has 9 nitrogen and oxygen atoms in total. The zero-order valence-corrected chi connectivity index (χ0v) is 19.0. The molecule has 1 fully saturated rings. The number of carbonyl (C=O) groups excluding carboxylic acids is 2. The Morgan fingerprint density at radius 2 is 2.06 bits per heavy atom. The van der Waals surface area contributed by atoms with E-state index in [1.165, 1.54) is 18.0 Å². The quantitative estimate of drug-likeness (QED) is 0.282. The van der Waals surface area contributed by atoms with Gasteiger partial charge in [-0.25, -0.2) is 14.4 Å². The van der Waals surface area contributed by atoms with Crippen molar-refractivity contribution in [2.45, 2.75) is 19.4 Å². The molecule has 1 aliphatic heterocycles. The number of aliphatic hydroxyl groups is 1. The number of nitrogens with one attached hydrogen (secondary N) is 2. The number of aromatic amines is 1. The molecule has 1 aliphatic rings. The number of halogens is 1. The fourth-order valence-electron chi connectivity index (χ4n) is 3.73. The third-order valence-electron chi connectivity index (χ3n) is 5.57. The third-order valence-corrected chi connectivity index (χ3v) is 5.57. The second kappa shape index (κ2) is 9.06. The summed E-state index contributed by atoms with van der Waals surface area (Å²) < 4.78 is 14.4. The summed E-state index contributed by atoms with van der Waals surface area (Å²) in [5.41, 5.74) is 1.20. The van der Waals surface area contributed by atoms with Crippen LogP contribution in [0.1, 0.15) is 18.3 Å². The Kier molecular flexibility index (Phi) is 6.16. The van der Waals surface area contributed by atoms with Crippen molar-refractivity contribution < 1.29 is 19.1 Å². The van der Waals surface area contributed by atoms with Crippen LogP contribution in [0.5, 0.6) is 0 Å². The van der Waals surface area contributed by atoms with Crippen LogP contribution < -0.4 is 5.32 Å². The highest BCUT2D eigenvalue weighted by Gasteiger charge is 2.48. The molecule has 10 heteroatoms. The number of aromatic nitrogens is 2. The number of amides is 2. The van der Waals surface area contributed by atoms with Crippen molar-refractivity contribution in [1.29, 1.82) is 0 Å². The standard InChI is InChI=1S/C24H25FN6O3/c1-4-17(26-18-10-9-15(2)11-16(18)25)21(29-30(3)14-32)22(33)31-12-24(34,13-31)23-27-19-7-5-6-8-20(19)28-23/h4-11,14,26,34H,12-13H2,1-3H3,(H,27,28)/b17-4+,29-21+. The summed E-state index contributed by atoms with van der Waals surface area (Å²) >= 11 is 0. The first-order valence-corrected chi connectivity index (χ1v) is 10.7. The SMILES string of the molecule is C/C=C(Nc1ccc(C)cc1F)\C(=N/N(C)C=O)C(=O)N1CC(O)(c2nc3ccccc3[nH]2)C1. The van der Waals surface area contributed by atoms with E-state index in [2.05, 4.69) is 20.4 Å². The van der Waals surface area contributed by atoms with Crippen LogP contribution in [0.25, 0.3) is 11.0 Å². The summed E-state index contributed by atoms with van der Waals surface area (Å²) in [6, 6.07) is 12.1. The summed E-state index contributed by atoms with van der Waals surface area (Å²) in [4.78, 5) is 33.4. The number of benzene rings is 2. The lowest BCUT2D eigenvalue weighted by Gasteiger charge is -2.45. The van der Waals surface area contributed by atoms with Crippen LogP contribution in [0.3, 0.4) is 0 Å². The minimum Gasteiger partial charge on any atom is -0.378 e. The minimum atomic E-state index is -1.34. The summed E-state index contributed by atoms with van der Waals surface area (Å²) in [6.45, 7) is 3.39. The molecule has 0 spiro atoms. The number of para-hydroxylation sites is 2. The molecule has 2 aromatic carbocycles. The maximum atomic E-state index is 14.4. The molecule has 1 aromatic heterocycles. The molecule has 4 rings (SSSR count). The molecule has 176 valence electrons. The van der Waals surface area contributed by atoms with E-state index in [0.717, 1.165) is 16.1 Å². The van der Waals surface area contributed by atoms with Crippen molar-refractivity contribution in [2.24, 2.45) is 5.10 Å². The van der Waals surface area contributed by atoms with Crippen LogP contribution in [0.2, 0.25) is 0 Å². The van der Waals surface area contributed by atoms with Gasteiger partial charge in [-0.2, -0.15) is 5.10 Å². The molecule has 34 heavy (non-hydrogen) atoms. The average Bonchev–Trinajstić information content (AvgIpc) is 3.24. The van der Waals surface area contributed by atoms with Gasteiger partial charge in [0.05, 0.1) is 35.5 Å². The van der Waals surface area contributed by atoms with E-state index in [-0.39, 0.29) is 30.2 Å². The lowest BCUT2D eigenvalue weighted by molar-refractivity contribution is -0.151. The first kappa shape index (κ1) is 23.1. The molecule has 2 heterocycles. The van der Waals surface area contributed by atoms with Gasteiger partial charge in [0.25, 0.3) is 5.91 Å². The molecule has 0 atom stereocenters. The predicted octanol–water partition coefficient (Wildman–Crippen LogP) is 2.50. The number of anilines is 1. The number of nitrogens with zero attached hydrogens (tertiary/aromatic N) is 4. The Labute approximate surface area is 195 Å². The van der Waals surface area contributed by atoms with Gasteiger partial charge in [0.1, 0.15) is 11.6 Å². The van der Waals surface area contributed by atoms with Gasteiger partial charge in [-0.05, 0) is 43.7 Å². The number of likely N-dealkylation sites (tertiary alicyclic amines) is 1. The van der Waals surface area contributed by atoms with E-state index in [1.807, 2.05) is 24.3 Å². The van der Waals surface area contributed by atoms with Gasteiger partial charge in [0, 0.05) is 7.05 Å². The fraction of sp³-hybridized carbons (Fsp3) is 0.250. The van der Waals surface area contributed by atoms with Gasteiger partial charge < -0.3 is 20.3 Å². The van der Waals surface area contributed by atoms with Gasteiger partial charge in [0.2, 0.25) is 6.41 Å². The van der Waals surface area contributed by atoms with Gasteiger partial charge in [-0.3, -0.25) is 9.59 Å². The van der Waals surface area contributed by atoms with E-state index in [4.69, 9.17) is 0 Å². The lowest BCUT2D eigenvalue weighted by Crippen LogP contribution is -2.63. The first-order chi connectivity index (χ1) is 16.2.